The van der Waals surface area contributed by atoms with Gasteiger partial charge in [0.2, 0.25) is 4.77 Å². The molecular formula is C18H17ClN4O2S. The Morgan fingerprint density at radius 2 is 2.00 bits per heavy atom. The number of aromatic nitrogens is 3. The summed E-state index contributed by atoms with van der Waals surface area (Å²) >= 11 is 11.0. The summed E-state index contributed by atoms with van der Waals surface area (Å²) in [7, 11) is 0. The molecule has 0 amide bonds. The number of H-pyrrole nitrogens is 1. The van der Waals surface area contributed by atoms with Crippen molar-refractivity contribution in [2.24, 2.45) is 5.10 Å². The molecule has 0 unspecified atom stereocenters. The molecular weight excluding hydrogens is 372 g/mol. The second kappa shape index (κ2) is 8.64. The van der Waals surface area contributed by atoms with Gasteiger partial charge in [0, 0.05) is 5.02 Å². The molecule has 0 aliphatic rings. The molecule has 0 saturated heterocycles. The second-order valence-corrected chi connectivity index (χ2v) is 6.13. The third-order valence-electron chi connectivity index (χ3n) is 3.44. The Kier molecular flexibility index (Phi) is 6.04. The van der Waals surface area contributed by atoms with Crippen molar-refractivity contribution in [3.8, 4) is 11.5 Å². The summed E-state index contributed by atoms with van der Waals surface area (Å²) in [5, 5.41) is 11.4. The standard InChI is InChI=1S/C18H17ClN4O2S/c1-2-24-17-9-14(10-21-23-12-20-22-18(23)26)5-8-16(17)25-11-13-3-6-15(19)7-4-13/h3-10,12H,2,11H2,1H3,(H,22,26)/b21-10-. The monoisotopic (exact) mass is 388 g/mol. The third kappa shape index (κ3) is 4.71. The van der Waals surface area contributed by atoms with Crippen LogP contribution < -0.4 is 9.47 Å². The van der Waals surface area contributed by atoms with Crippen LogP contribution in [0.5, 0.6) is 11.5 Å². The summed E-state index contributed by atoms with van der Waals surface area (Å²) in [5.41, 5.74) is 1.88. The fourth-order valence-electron chi connectivity index (χ4n) is 2.19. The first-order valence-electron chi connectivity index (χ1n) is 7.96. The number of nitrogens with zero attached hydrogens (tertiary/aromatic N) is 3. The van der Waals surface area contributed by atoms with E-state index in [4.69, 9.17) is 33.3 Å². The summed E-state index contributed by atoms with van der Waals surface area (Å²) in [6.07, 6.45) is 3.18. The lowest BCUT2D eigenvalue weighted by molar-refractivity contribution is 0.269. The second-order valence-electron chi connectivity index (χ2n) is 5.30. The maximum absolute atomic E-state index is 5.90. The van der Waals surface area contributed by atoms with Gasteiger partial charge in [0.05, 0.1) is 12.8 Å². The number of rotatable bonds is 7. The summed E-state index contributed by atoms with van der Waals surface area (Å²) in [6.45, 7) is 2.88. The fourth-order valence-corrected chi connectivity index (χ4v) is 2.46. The largest absolute Gasteiger partial charge is 0.490 e. The Morgan fingerprint density at radius 3 is 2.69 bits per heavy atom. The lowest BCUT2D eigenvalue weighted by Crippen LogP contribution is -2.00. The predicted molar refractivity (Wildman–Crippen MR) is 104 cm³/mol. The van der Waals surface area contributed by atoms with E-state index in [1.807, 2.05) is 49.4 Å². The molecule has 3 rings (SSSR count). The van der Waals surface area contributed by atoms with Crippen LogP contribution in [0, 0.1) is 4.77 Å². The van der Waals surface area contributed by atoms with E-state index < -0.39 is 0 Å². The van der Waals surface area contributed by atoms with Crippen molar-refractivity contribution in [1.82, 2.24) is 14.9 Å². The average Bonchev–Trinajstić information content (AvgIpc) is 3.06. The van der Waals surface area contributed by atoms with Crippen molar-refractivity contribution in [3.05, 3.63) is 69.7 Å². The number of benzene rings is 2. The highest BCUT2D eigenvalue weighted by molar-refractivity contribution is 7.71. The van der Waals surface area contributed by atoms with Crippen LogP contribution in [0.1, 0.15) is 18.1 Å². The molecule has 0 saturated carbocycles. The highest BCUT2D eigenvalue weighted by atomic mass is 35.5. The molecule has 1 N–H and O–H groups in total. The Labute approximate surface area is 161 Å². The molecule has 1 aromatic heterocycles. The van der Waals surface area contributed by atoms with Crippen LogP contribution in [-0.4, -0.2) is 27.7 Å². The van der Waals surface area contributed by atoms with Gasteiger partial charge in [-0.25, -0.2) is 0 Å². The number of halogens is 1. The van der Waals surface area contributed by atoms with Gasteiger partial charge in [-0.1, -0.05) is 23.7 Å². The zero-order valence-corrected chi connectivity index (χ0v) is 15.6. The van der Waals surface area contributed by atoms with Crippen LogP contribution in [0.2, 0.25) is 5.02 Å². The summed E-state index contributed by atoms with van der Waals surface area (Å²) in [5.74, 6) is 1.32. The minimum Gasteiger partial charge on any atom is -0.490 e. The summed E-state index contributed by atoms with van der Waals surface area (Å²) in [6, 6.07) is 13.2. The predicted octanol–water partition coefficient (Wildman–Crippen LogP) is 4.45. The van der Waals surface area contributed by atoms with Crippen LogP contribution >= 0.6 is 23.8 Å². The van der Waals surface area contributed by atoms with Gasteiger partial charge in [-0.05, 0) is 60.6 Å². The summed E-state index contributed by atoms with van der Waals surface area (Å²) in [4.78, 5) is 0. The SMILES string of the molecule is CCOc1cc(/C=N\n2cn[nH]c2=S)ccc1OCc1ccc(Cl)cc1. The molecule has 0 atom stereocenters. The fraction of sp³-hybridized carbons (Fsp3) is 0.167. The van der Waals surface area contributed by atoms with Gasteiger partial charge in [0.15, 0.2) is 11.5 Å². The van der Waals surface area contributed by atoms with Gasteiger partial charge in [-0.3, -0.25) is 5.10 Å². The Morgan fingerprint density at radius 1 is 1.19 bits per heavy atom. The van der Waals surface area contributed by atoms with Crippen LogP contribution in [0.15, 0.2) is 53.9 Å². The number of hydrogen-bond acceptors (Lipinski definition) is 5. The molecule has 0 fully saturated rings. The van der Waals surface area contributed by atoms with Gasteiger partial charge in [0.1, 0.15) is 12.9 Å². The summed E-state index contributed by atoms with van der Waals surface area (Å²) < 4.78 is 13.5. The van der Waals surface area contributed by atoms with Crippen molar-refractivity contribution in [3.63, 3.8) is 0 Å². The maximum atomic E-state index is 5.90. The Bertz CT molecular complexity index is 950. The first-order valence-corrected chi connectivity index (χ1v) is 8.75. The van der Waals surface area contributed by atoms with Crippen molar-refractivity contribution in [2.75, 3.05) is 6.61 Å². The van der Waals surface area contributed by atoms with E-state index in [2.05, 4.69) is 15.3 Å². The lowest BCUT2D eigenvalue weighted by atomic mass is 10.2. The molecule has 6 nitrogen and oxygen atoms in total. The van der Waals surface area contributed by atoms with E-state index in [0.717, 1.165) is 11.1 Å². The molecule has 134 valence electrons. The van der Waals surface area contributed by atoms with E-state index in [-0.39, 0.29) is 0 Å². The molecule has 8 heteroatoms. The van der Waals surface area contributed by atoms with Gasteiger partial charge < -0.3 is 9.47 Å². The number of ether oxygens (including phenoxy) is 2. The van der Waals surface area contributed by atoms with E-state index in [1.54, 1.807) is 6.21 Å². The van der Waals surface area contributed by atoms with Gasteiger partial charge in [0.25, 0.3) is 0 Å². The Hall–Kier alpha value is -2.64. The molecule has 26 heavy (non-hydrogen) atoms. The van der Waals surface area contributed by atoms with E-state index in [0.29, 0.717) is 34.5 Å². The zero-order valence-electron chi connectivity index (χ0n) is 14.1. The average molecular weight is 389 g/mol. The van der Waals surface area contributed by atoms with Crippen molar-refractivity contribution in [2.45, 2.75) is 13.5 Å². The molecule has 1 heterocycles. The first kappa shape index (κ1) is 18.2. The number of hydrogen-bond donors (Lipinski definition) is 1. The normalized spacial score (nSPS) is 11.0. The molecule has 2 aromatic carbocycles. The third-order valence-corrected chi connectivity index (χ3v) is 3.97. The smallest absolute Gasteiger partial charge is 0.216 e. The van der Waals surface area contributed by atoms with Crippen molar-refractivity contribution < 1.29 is 9.47 Å². The van der Waals surface area contributed by atoms with E-state index >= 15 is 0 Å². The topological polar surface area (TPSA) is 64.4 Å². The number of aromatic amines is 1. The van der Waals surface area contributed by atoms with Crippen LogP contribution in [0.4, 0.5) is 0 Å². The Balaban J connectivity index is 1.75. The molecule has 0 aliphatic heterocycles. The van der Waals surface area contributed by atoms with Crippen molar-refractivity contribution in [1.29, 1.82) is 0 Å². The molecule has 0 radical (unpaired) electrons. The molecule has 0 bridgehead atoms. The van der Waals surface area contributed by atoms with Crippen molar-refractivity contribution >= 4 is 30.0 Å². The van der Waals surface area contributed by atoms with Crippen LogP contribution in [0.25, 0.3) is 0 Å². The maximum Gasteiger partial charge on any atom is 0.216 e. The highest BCUT2D eigenvalue weighted by Crippen LogP contribution is 2.29. The zero-order chi connectivity index (χ0) is 18.4. The van der Waals surface area contributed by atoms with Gasteiger partial charge >= 0.3 is 0 Å². The first-order chi connectivity index (χ1) is 12.7. The van der Waals surface area contributed by atoms with Gasteiger partial charge in [-0.15, -0.1) is 0 Å². The molecule has 3 aromatic rings. The lowest BCUT2D eigenvalue weighted by Gasteiger charge is -2.12. The minimum absolute atomic E-state index is 0.425. The van der Waals surface area contributed by atoms with Gasteiger partial charge in [-0.2, -0.15) is 14.9 Å². The number of nitrogens with one attached hydrogen (secondary N) is 1. The van der Waals surface area contributed by atoms with Crippen LogP contribution in [-0.2, 0) is 6.61 Å². The highest BCUT2D eigenvalue weighted by Gasteiger charge is 2.07. The quantitative estimate of drug-likeness (QED) is 0.479. The minimum atomic E-state index is 0.425. The van der Waals surface area contributed by atoms with Crippen LogP contribution in [0.3, 0.4) is 0 Å². The molecule has 0 aliphatic carbocycles. The van der Waals surface area contributed by atoms with E-state index in [1.165, 1.54) is 11.0 Å². The molecule has 0 spiro atoms. The van der Waals surface area contributed by atoms with E-state index in [9.17, 15) is 0 Å².